The predicted octanol–water partition coefficient (Wildman–Crippen LogP) is 2.97. The van der Waals surface area contributed by atoms with Gasteiger partial charge in [0, 0.05) is 37.9 Å². The van der Waals surface area contributed by atoms with Gasteiger partial charge < -0.3 is 14.6 Å². The molecule has 0 spiro atoms. The van der Waals surface area contributed by atoms with Gasteiger partial charge in [0.1, 0.15) is 11.2 Å². The van der Waals surface area contributed by atoms with Crippen LogP contribution in [0.25, 0.3) is 5.65 Å². The van der Waals surface area contributed by atoms with Crippen LogP contribution in [0.1, 0.15) is 48.0 Å². The van der Waals surface area contributed by atoms with Crippen molar-refractivity contribution >= 4 is 11.6 Å². The molecule has 0 radical (unpaired) electrons. The first kappa shape index (κ1) is 17.5. The summed E-state index contributed by atoms with van der Waals surface area (Å²) in [6, 6.07) is 10.1. The van der Waals surface area contributed by atoms with Crippen molar-refractivity contribution in [1.82, 2.24) is 19.1 Å². The minimum atomic E-state index is -0.859. The van der Waals surface area contributed by atoms with Crippen molar-refractivity contribution in [2.45, 2.75) is 43.7 Å². The van der Waals surface area contributed by atoms with E-state index in [9.17, 15) is 9.90 Å². The lowest BCUT2D eigenvalue weighted by atomic mass is 9.66. The number of hydrogen-bond acceptors (Lipinski definition) is 3. The smallest absolute Gasteiger partial charge is 0.259 e. The summed E-state index contributed by atoms with van der Waals surface area (Å²) < 4.78 is 3.68. The third-order valence-corrected chi connectivity index (χ3v) is 6.78. The van der Waals surface area contributed by atoms with E-state index in [1.54, 1.807) is 10.7 Å². The lowest BCUT2D eigenvalue weighted by molar-refractivity contribution is -0.110. The molecular formula is C22H26N4O2. The van der Waals surface area contributed by atoms with E-state index in [4.69, 9.17) is 0 Å². The van der Waals surface area contributed by atoms with Gasteiger partial charge in [-0.2, -0.15) is 5.10 Å². The number of imidazole rings is 1. The summed E-state index contributed by atoms with van der Waals surface area (Å²) in [5.41, 5.74) is 1.58. The maximum atomic E-state index is 13.5. The Kier molecular flexibility index (Phi) is 4.05. The number of carbonyl (C=O) groups excluding carboxylic acids is 1. The number of aryl methyl sites for hydroxylation is 1. The number of benzene rings is 1. The third-order valence-electron chi connectivity index (χ3n) is 6.78. The van der Waals surface area contributed by atoms with Gasteiger partial charge in [-0.15, -0.1) is 0 Å². The van der Waals surface area contributed by atoms with Crippen LogP contribution >= 0.6 is 0 Å². The Bertz CT molecular complexity index is 1010. The van der Waals surface area contributed by atoms with Crippen LogP contribution in [-0.4, -0.2) is 42.7 Å². The highest BCUT2D eigenvalue weighted by Gasteiger charge is 2.50. The highest BCUT2D eigenvalue weighted by atomic mass is 16.3. The maximum absolute atomic E-state index is 13.5. The molecule has 3 aromatic rings. The summed E-state index contributed by atoms with van der Waals surface area (Å²) in [6.45, 7) is 0.563. The molecule has 1 aromatic carbocycles. The third kappa shape index (κ3) is 2.51. The molecule has 1 aliphatic carbocycles. The van der Waals surface area contributed by atoms with Gasteiger partial charge in [0.2, 0.25) is 0 Å². The van der Waals surface area contributed by atoms with E-state index in [0.717, 1.165) is 36.9 Å². The predicted molar refractivity (Wildman–Crippen MR) is 106 cm³/mol. The molecular weight excluding hydrogens is 352 g/mol. The van der Waals surface area contributed by atoms with Crippen LogP contribution < -0.4 is 0 Å². The highest BCUT2D eigenvalue weighted by Crippen LogP contribution is 2.47. The number of rotatable bonds is 2. The zero-order valence-corrected chi connectivity index (χ0v) is 16.2. The second-order valence-electron chi connectivity index (χ2n) is 8.23. The van der Waals surface area contributed by atoms with Gasteiger partial charge in [0.15, 0.2) is 0 Å². The number of nitrogens with zero attached hydrogens (tertiary/aromatic N) is 4. The number of piperidine rings is 1. The fraction of sp³-hybridized carbons (Fsp3) is 0.455. The lowest BCUT2D eigenvalue weighted by Gasteiger charge is -2.52. The topological polar surface area (TPSA) is 62.8 Å². The van der Waals surface area contributed by atoms with Gasteiger partial charge in [0.25, 0.3) is 5.91 Å². The molecule has 6 heteroatoms. The summed E-state index contributed by atoms with van der Waals surface area (Å²) in [6.07, 6.45) is 10.1. The normalized spacial score (nSPS) is 27.7. The molecule has 5 rings (SSSR count). The molecule has 0 bridgehead atoms. The Morgan fingerprint density at radius 3 is 2.79 bits per heavy atom. The maximum Gasteiger partial charge on any atom is 0.259 e. The quantitative estimate of drug-likeness (QED) is 0.746. The Balaban J connectivity index is 1.51. The van der Waals surface area contributed by atoms with Crippen molar-refractivity contribution < 1.29 is 9.90 Å². The fourth-order valence-corrected chi connectivity index (χ4v) is 5.38. The standard InChI is InChI=1S/C22H26N4O2/c1-24-13-14-26-20(24)17(15-23-26)21(27)25-12-11-22(28,16-7-3-2-4-8-16)18-9-5-6-10-19(18)25/h2-4,7-8,13-15,18-19,28H,5-6,9-12H2,1H3/t18-,19+,22+/m0/s1. The molecule has 1 saturated carbocycles. The molecule has 1 aliphatic heterocycles. The van der Waals surface area contributed by atoms with Crippen molar-refractivity contribution in [3.05, 3.63) is 60.0 Å². The summed E-state index contributed by atoms with van der Waals surface area (Å²) in [5, 5.41) is 16.0. The molecule has 2 aromatic heterocycles. The molecule has 2 fully saturated rings. The van der Waals surface area contributed by atoms with Crippen molar-refractivity contribution in [2.24, 2.45) is 13.0 Å². The number of carbonyl (C=O) groups is 1. The molecule has 1 N–H and O–H groups in total. The van der Waals surface area contributed by atoms with Gasteiger partial charge in [-0.05, 0) is 24.8 Å². The van der Waals surface area contributed by atoms with Crippen LogP contribution in [0.4, 0.5) is 0 Å². The largest absolute Gasteiger partial charge is 0.385 e. The van der Waals surface area contributed by atoms with E-state index < -0.39 is 5.60 Å². The lowest BCUT2D eigenvalue weighted by Crippen LogP contribution is -2.59. The Morgan fingerprint density at radius 1 is 1.18 bits per heavy atom. The van der Waals surface area contributed by atoms with Gasteiger partial charge >= 0.3 is 0 Å². The molecule has 3 atom stereocenters. The molecule has 0 unspecified atom stereocenters. The van der Waals surface area contributed by atoms with Crippen LogP contribution in [0, 0.1) is 5.92 Å². The van der Waals surface area contributed by atoms with Crippen LogP contribution in [0.5, 0.6) is 0 Å². The number of hydrogen-bond donors (Lipinski definition) is 1. The Morgan fingerprint density at radius 2 is 1.96 bits per heavy atom. The zero-order chi connectivity index (χ0) is 19.3. The van der Waals surface area contributed by atoms with Crippen molar-refractivity contribution in [3.63, 3.8) is 0 Å². The number of aromatic nitrogens is 3. The molecule has 1 saturated heterocycles. The number of amides is 1. The molecule has 1 amide bonds. The Labute approximate surface area is 164 Å². The van der Waals surface area contributed by atoms with Crippen LogP contribution in [0.2, 0.25) is 0 Å². The monoisotopic (exact) mass is 378 g/mol. The minimum Gasteiger partial charge on any atom is -0.385 e. The SMILES string of the molecule is Cn1ccn2ncc(C(=O)N3CC[C@@](O)(c4ccccc4)[C@H]4CCCC[C@H]43)c12. The summed E-state index contributed by atoms with van der Waals surface area (Å²) >= 11 is 0. The first-order valence-corrected chi connectivity index (χ1v) is 10.2. The van der Waals surface area contributed by atoms with E-state index in [0.29, 0.717) is 18.5 Å². The van der Waals surface area contributed by atoms with E-state index in [2.05, 4.69) is 5.10 Å². The molecule has 28 heavy (non-hydrogen) atoms. The van der Waals surface area contributed by atoms with Gasteiger partial charge in [-0.25, -0.2) is 4.52 Å². The van der Waals surface area contributed by atoms with E-state index in [1.807, 2.05) is 59.2 Å². The average molecular weight is 378 g/mol. The molecule has 2 aliphatic rings. The average Bonchev–Trinajstić information content (AvgIpc) is 3.32. The zero-order valence-electron chi connectivity index (χ0n) is 16.2. The fourth-order valence-electron chi connectivity index (χ4n) is 5.38. The molecule has 6 nitrogen and oxygen atoms in total. The molecule has 146 valence electrons. The second-order valence-corrected chi connectivity index (χ2v) is 8.23. The van der Waals surface area contributed by atoms with E-state index in [-0.39, 0.29) is 17.9 Å². The summed E-state index contributed by atoms with van der Waals surface area (Å²) in [4.78, 5) is 15.5. The van der Waals surface area contributed by atoms with Crippen LogP contribution in [0.15, 0.2) is 48.9 Å². The summed E-state index contributed by atoms with van der Waals surface area (Å²) in [7, 11) is 1.93. The first-order chi connectivity index (χ1) is 13.6. The van der Waals surface area contributed by atoms with Gasteiger partial charge in [0.05, 0.1) is 11.8 Å². The first-order valence-electron chi connectivity index (χ1n) is 10.2. The highest BCUT2D eigenvalue weighted by molar-refractivity contribution is 6.00. The summed E-state index contributed by atoms with van der Waals surface area (Å²) in [5.74, 6) is 0.102. The number of aliphatic hydroxyl groups is 1. The number of likely N-dealkylation sites (tertiary alicyclic amines) is 1. The minimum absolute atomic E-state index is 0.0313. The van der Waals surface area contributed by atoms with Gasteiger partial charge in [-0.1, -0.05) is 43.2 Å². The van der Waals surface area contributed by atoms with E-state index in [1.165, 1.54) is 0 Å². The van der Waals surface area contributed by atoms with Crippen molar-refractivity contribution in [2.75, 3.05) is 6.54 Å². The van der Waals surface area contributed by atoms with E-state index >= 15 is 0 Å². The number of fused-ring (bicyclic) bond motifs is 2. The van der Waals surface area contributed by atoms with Crippen molar-refractivity contribution in [1.29, 1.82) is 0 Å². The van der Waals surface area contributed by atoms with Crippen LogP contribution in [0.3, 0.4) is 0 Å². The van der Waals surface area contributed by atoms with Gasteiger partial charge in [-0.3, -0.25) is 4.79 Å². The Hall–Kier alpha value is -2.60. The second kappa shape index (κ2) is 6.48. The van der Waals surface area contributed by atoms with Crippen LogP contribution in [-0.2, 0) is 12.6 Å². The van der Waals surface area contributed by atoms with Crippen molar-refractivity contribution in [3.8, 4) is 0 Å². The molecule has 3 heterocycles.